The molecule has 1 saturated heterocycles. The van der Waals surface area contributed by atoms with Crippen molar-refractivity contribution in [3.63, 3.8) is 0 Å². The highest BCUT2D eigenvalue weighted by molar-refractivity contribution is 5.96. The molecule has 0 atom stereocenters. The number of anilines is 2. The molecule has 31 heavy (non-hydrogen) atoms. The number of aryl methyl sites for hydroxylation is 1. The molecule has 0 unspecified atom stereocenters. The van der Waals surface area contributed by atoms with Crippen molar-refractivity contribution >= 4 is 29.0 Å². The number of aromatic nitrogens is 4. The fourth-order valence-electron chi connectivity index (χ4n) is 3.85. The Labute approximate surface area is 176 Å². The van der Waals surface area contributed by atoms with Gasteiger partial charge in [0.05, 0.1) is 25.1 Å². The van der Waals surface area contributed by atoms with Crippen LogP contribution in [0.4, 0.5) is 11.5 Å². The van der Waals surface area contributed by atoms with Gasteiger partial charge in [0.2, 0.25) is 0 Å². The minimum atomic E-state index is -0.307. The smallest absolute Gasteiger partial charge is 0.350 e. The molecule has 160 valence electrons. The van der Waals surface area contributed by atoms with Crippen LogP contribution >= 0.6 is 0 Å². The van der Waals surface area contributed by atoms with Crippen LogP contribution < -0.4 is 15.3 Å². The Morgan fingerprint density at radius 2 is 2.06 bits per heavy atom. The fraction of sp³-hybridized carbons (Fsp3) is 0.350. The predicted octanol–water partition coefficient (Wildman–Crippen LogP) is 0.204. The van der Waals surface area contributed by atoms with Gasteiger partial charge in [-0.15, -0.1) is 0 Å². The SMILES string of the molecule is COC(=O)C1CN(C(=O)c2cnc3c(c2)OCCN3c2ccn3c(=O)n(C)nc3c2)C1. The highest BCUT2D eigenvalue weighted by atomic mass is 16.5. The largest absolute Gasteiger partial charge is 0.488 e. The van der Waals surface area contributed by atoms with Gasteiger partial charge in [0.1, 0.15) is 6.61 Å². The van der Waals surface area contributed by atoms with E-state index in [-0.39, 0.29) is 23.5 Å². The van der Waals surface area contributed by atoms with E-state index in [2.05, 4.69) is 10.1 Å². The molecule has 0 radical (unpaired) electrons. The summed E-state index contributed by atoms with van der Waals surface area (Å²) in [6.45, 7) is 1.65. The predicted molar refractivity (Wildman–Crippen MR) is 109 cm³/mol. The van der Waals surface area contributed by atoms with E-state index in [1.807, 2.05) is 17.0 Å². The van der Waals surface area contributed by atoms with E-state index in [0.717, 1.165) is 5.69 Å². The summed E-state index contributed by atoms with van der Waals surface area (Å²) < 4.78 is 13.2. The molecule has 11 heteroatoms. The number of likely N-dealkylation sites (tertiary alicyclic amines) is 1. The van der Waals surface area contributed by atoms with Gasteiger partial charge < -0.3 is 19.3 Å². The first-order valence-corrected chi connectivity index (χ1v) is 9.79. The van der Waals surface area contributed by atoms with Gasteiger partial charge in [0.15, 0.2) is 17.2 Å². The lowest BCUT2D eigenvalue weighted by Crippen LogP contribution is -2.53. The van der Waals surface area contributed by atoms with Crippen LogP contribution in [0.1, 0.15) is 10.4 Å². The zero-order valence-corrected chi connectivity index (χ0v) is 17.0. The molecule has 5 heterocycles. The van der Waals surface area contributed by atoms with E-state index in [0.29, 0.717) is 49.0 Å². The van der Waals surface area contributed by atoms with Gasteiger partial charge in [0, 0.05) is 44.3 Å². The number of methoxy groups -OCH3 is 1. The van der Waals surface area contributed by atoms with Crippen LogP contribution in [0.25, 0.3) is 5.65 Å². The lowest BCUT2D eigenvalue weighted by molar-refractivity contribution is -0.149. The average Bonchev–Trinajstić information content (AvgIpc) is 3.04. The molecule has 11 nitrogen and oxygen atoms in total. The van der Waals surface area contributed by atoms with Crippen LogP contribution in [0, 0.1) is 5.92 Å². The van der Waals surface area contributed by atoms with Crippen LogP contribution in [0.2, 0.25) is 0 Å². The Balaban J connectivity index is 1.40. The molecular weight excluding hydrogens is 404 g/mol. The molecule has 0 aromatic carbocycles. The molecular formula is C20H20N6O5. The van der Waals surface area contributed by atoms with Gasteiger partial charge in [-0.25, -0.2) is 14.5 Å². The van der Waals surface area contributed by atoms with Crippen LogP contribution in [0.5, 0.6) is 5.75 Å². The van der Waals surface area contributed by atoms with Gasteiger partial charge in [-0.05, 0) is 12.1 Å². The standard InChI is InChI=1S/C20H20N6O5/c1-23-20(29)26-4-3-14(8-16(26)22-23)25-5-6-31-15-7-12(9-21-17(15)25)18(27)24-10-13(11-24)19(28)30-2/h3-4,7-9,13H,5-6,10-11H2,1-2H3. The average molecular weight is 424 g/mol. The summed E-state index contributed by atoms with van der Waals surface area (Å²) in [7, 11) is 2.94. The summed E-state index contributed by atoms with van der Waals surface area (Å²) in [5.41, 5.74) is 1.53. The number of hydrogen-bond acceptors (Lipinski definition) is 8. The summed E-state index contributed by atoms with van der Waals surface area (Å²) in [5, 5.41) is 4.23. The van der Waals surface area contributed by atoms with E-state index in [1.165, 1.54) is 22.4 Å². The molecule has 5 rings (SSSR count). The first-order valence-electron chi connectivity index (χ1n) is 9.79. The number of esters is 1. The first kappa shape index (κ1) is 19.1. The molecule has 3 aromatic heterocycles. The maximum absolute atomic E-state index is 12.7. The van der Waals surface area contributed by atoms with Gasteiger partial charge in [-0.2, -0.15) is 5.10 Å². The quantitative estimate of drug-likeness (QED) is 0.549. The van der Waals surface area contributed by atoms with Crippen molar-refractivity contribution in [2.45, 2.75) is 0 Å². The van der Waals surface area contributed by atoms with E-state index in [4.69, 9.17) is 9.47 Å². The van der Waals surface area contributed by atoms with Crippen molar-refractivity contribution in [1.29, 1.82) is 0 Å². The zero-order valence-electron chi connectivity index (χ0n) is 17.0. The third kappa shape index (κ3) is 3.09. The molecule has 0 spiro atoms. The number of carbonyl (C=O) groups excluding carboxylic acids is 2. The molecule has 0 bridgehead atoms. The monoisotopic (exact) mass is 424 g/mol. The highest BCUT2D eigenvalue weighted by Crippen LogP contribution is 2.35. The maximum atomic E-state index is 12.7. The lowest BCUT2D eigenvalue weighted by atomic mass is 9.99. The normalized spacial score (nSPS) is 15.9. The Kier molecular flexibility index (Phi) is 4.38. The Bertz CT molecular complexity index is 1260. The second-order valence-corrected chi connectivity index (χ2v) is 7.50. The molecule has 3 aromatic rings. The topological polar surface area (TPSA) is 111 Å². The van der Waals surface area contributed by atoms with Crippen molar-refractivity contribution in [2.24, 2.45) is 13.0 Å². The highest BCUT2D eigenvalue weighted by Gasteiger charge is 2.37. The third-order valence-electron chi connectivity index (χ3n) is 5.58. The maximum Gasteiger partial charge on any atom is 0.350 e. The minimum absolute atomic E-state index is 0.203. The number of nitrogens with zero attached hydrogens (tertiary/aromatic N) is 6. The summed E-state index contributed by atoms with van der Waals surface area (Å²) in [5.74, 6) is 0.298. The van der Waals surface area contributed by atoms with E-state index in [9.17, 15) is 14.4 Å². The third-order valence-corrected chi connectivity index (χ3v) is 5.58. The number of pyridine rings is 2. The second-order valence-electron chi connectivity index (χ2n) is 7.50. The summed E-state index contributed by atoms with van der Waals surface area (Å²) in [6.07, 6.45) is 3.19. The molecule has 0 N–H and O–H groups in total. The number of hydrogen-bond donors (Lipinski definition) is 0. The van der Waals surface area contributed by atoms with Crippen molar-refractivity contribution in [2.75, 3.05) is 38.3 Å². The lowest BCUT2D eigenvalue weighted by Gasteiger charge is -2.37. The summed E-state index contributed by atoms with van der Waals surface area (Å²) >= 11 is 0. The van der Waals surface area contributed by atoms with Crippen LogP contribution in [-0.4, -0.2) is 69.3 Å². The molecule has 2 aliphatic heterocycles. The van der Waals surface area contributed by atoms with Crippen LogP contribution in [0.3, 0.4) is 0 Å². The molecule has 0 aliphatic carbocycles. The second kappa shape index (κ2) is 7.11. The number of fused-ring (bicyclic) bond motifs is 2. The van der Waals surface area contributed by atoms with Gasteiger partial charge >= 0.3 is 11.7 Å². The van der Waals surface area contributed by atoms with Gasteiger partial charge in [-0.1, -0.05) is 0 Å². The van der Waals surface area contributed by atoms with Crippen molar-refractivity contribution in [1.82, 2.24) is 24.1 Å². The van der Waals surface area contributed by atoms with Crippen LogP contribution in [-0.2, 0) is 16.6 Å². The van der Waals surface area contributed by atoms with E-state index in [1.54, 1.807) is 24.2 Å². The zero-order chi connectivity index (χ0) is 21.7. The molecule has 1 amide bonds. The summed E-state index contributed by atoms with van der Waals surface area (Å²) in [4.78, 5) is 44.3. The van der Waals surface area contributed by atoms with Gasteiger partial charge in [0.25, 0.3) is 5.91 Å². The number of carbonyl (C=O) groups is 2. The first-order chi connectivity index (χ1) is 15.0. The molecule has 0 saturated carbocycles. The fourth-order valence-corrected chi connectivity index (χ4v) is 3.85. The van der Waals surface area contributed by atoms with Crippen LogP contribution in [0.15, 0.2) is 35.4 Å². The minimum Gasteiger partial charge on any atom is -0.488 e. The Morgan fingerprint density at radius 3 is 2.84 bits per heavy atom. The van der Waals surface area contributed by atoms with E-state index < -0.39 is 0 Å². The molecule has 1 fully saturated rings. The van der Waals surface area contributed by atoms with E-state index >= 15 is 0 Å². The van der Waals surface area contributed by atoms with Crippen molar-refractivity contribution < 1.29 is 19.1 Å². The molecule has 2 aliphatic rings. The van der Waals surface area contributed by atoms with Gasteiger partial charge in [-0.3, -0.25) is 14.0 Å². The summed E-state index contributed by atoms with van der Waals surface area (Å²) in [6, 6.07) is 5.30. The van der Waals surface area contributed by atoms with Crippen molar-refractivity contribution in [3.8, 4) is 5.75 Å². The number of rotatable bonds is 3. The number of ether oxygens (including phenoxy) is 2. The van der Waals surface area contributed by atoms with Crippen molar-refractivity contribution in [3.05, 3.63) is 46.6 Å². The number of amides is 1. The Morgan fingerprint density at radius 1 is 1.26 bits per heavy atom. The Hall–Kier alpha value is -3.89.